The second kappa shape index (κ2) is 19.5. The van der Waals surface area contributed by atoms with Gasteiger partial charge in [-0.15, -0.1) is 0 Å². The number of aryl methyl sites for hydroxylation is 1. The summed E-state index contributed by atoms with van der Waals surface area (Å²) in [5.74, 6) is -0.0761. The fourth-order valence-electron chi connectivity index (χ4n) is 7.94. The van der Waals surface area contributed by atoms with Crippen molar-refractivity contribution in [2.24, 2.45) is 0 Å². The predicted molar refractivity (Wildman–Crippen MR) is 250 cm³/mol. The van der Waals surface area contributed by atoms with Crippen LogP contribution >= 0.6 is 23.2 Å². The number of aliphatic carboxylic acids is 1. The fraction of sp³-hybridized carbons (Fsp3) is 0.240. The molecule has 8 rings (SSSR count). The van der Waals surface area contributed by atoms with Crippen LogP contribution in [-0.4, -0.2) is 59.4 Å². The first-order valence-corrected chi connectivity index (χ1v) is 23.4. The Morgan fingerprint density at radius 2 is 1.58 bits per heavy atom. The van der Waals surface area contributed by atoms with Crippen LogP contribution in [0.2, 0.25) is 10.0 Å². The number of nitriles is 1. The number of carbonyl (C=O) groups excluding carboxylic acids is 1. The number of benzene rings is 5. The molecule has 338 valence electrons. The first-order chi connectivity index (χ1) is 31.6. The number of rotatable bonds is 14. The maximum absolute atomic E-state index is 14.7. The summed E-state index contributed by atoms with van der Waals surface area (Å²) in [5.41, 5.74) is 6.09. The number of nitrogens with one attached hydrogen (secondary N) is 2. The van der Waals surface area contributed by atoms with Gasteiger partial charge in [-0.3, -0.25) is 4.79 Å². The van der Waals surface area contributed by atoms with Crippen LogP contribution in [0.5, 0.6) is 17.2 Å². The molecule has 3 atom stereocenters. The Bertz CT molecular complexity index is 2940. The number of hydrogen-bond acceptors (Lipinski definition) is 10. The van der Waals surface area contributed by atoms with Crippen LogP contribution < -0.4 is 24.8 Å². The summed E-state index contributed by atoms with van der Waals surface area (Å²) in [6.45, 7) is 5.73. The third-order valence-electron chi connectivity index (χ3n) is 11.4. The van der Waals surface area contributed by atoms with E-state index in [4.69, 9.17) is 42.7 Å². The minimum absolute atomic E-state index is 0.0463. The number of amides is 1. The lowest BCUT2D eigenvalue weighted by Crippen LogP contribution is -2.55. The molecule has 2 aliphatic rings. The van der Waals surface area contributed by atoms with E-state index >= 15 is 0 Å². The molecule has 0 aliphatic carbocycles. The average molecular weight is 947 g/mol. The van der Waals surface area contributed by atoms with Crippen LogP contribution in [-0.2, 0) is 45.6 Å². The molecule has 0 fully saturated rings. The van der Waals surface area contributed by atoms with Gasteiger partial charge in [0, 0.05) is 19.0 Å². The van der Waals surface area contributed by atoms with E-state index in [9.17, 15) is 23.1 Å². The van der Waals surface area contributed by atoms with Gasteiger partial charge < -0.3 is 30.0 Å². The fourth-order valence-corrected chi connectivity index (χ4v) is 9.99. The molecule has 0 saturated carbocycles. The average Bonchev–Trinajstić information content (AvgIpc) is 3.30. The normalized spacial score (nSPS) is 16.1. The highest BCUT2D eigenvalue weighted by molar-refractivity contribution is 7.89. The Hall–Kier alpha value is -6.63. The summed E-state index contributed by atoms with van der Waals surface area (Å²) >= 11 is 12.2. The van der Waals surface area contributed by atoms with Crippen LogP contribution in [0.25, 0.3) is 11.1 Å². The van der Waals surface area contributed by atoms with Crippen molar-refractivity contribution in [2.45, 2.75) is 75.9 Å². The SMILES string of the molecule is Cc1nc(NC(C)C)ccc1S(=O)(=O)N1Cc2cc3c(cc2C[C@H]1C(=O)N[C@@H](Cc1ccc(-c2ccc(C#N)cc2)cc1)C(=O)O)OC[C@H](c1ccc(OCc2ccc(Cl)c(Cl)c2)cc1)O3. The molecule has 3 N–H and O–H groups in total. The van der Waals surface area contributed by atoms with Gasteiger partial charge in [0.05, 0.1) is 27.4 Å². The molecule has 16 heteroatoms. The molecule has 1 amide bonds. The largest absolute Gasteiger partial charge is 0.489 e. The number of carboxylic acids is 1. The first kappa shape index (κ1) is 45.9. The minimum Gasteiger partial charge on any atom is -0.489 e. The van der Waals surface area contributed by atoms with Crippen LogP contribution in [0, 0.1) is 18.3 Å². The number of carboxylic acid groups (broad SMARTS) is 1. The van der Waals surface area contributed by atoms with Crippen LogP contribution in [0.3, 0.4) is 0 Å². The van der Waals surface area contributed by atoms with E-state index in [1.54, 1.807) is 61.5 Å². The minimum atomic E-state index is -4.41. The van der Waals surface area contributed by atoms with E-state index in [0.29, 0.717) is 62.0 Å². The molecule has 66 heavy (non-hydrogen) atoms. The molecular weight excluding hydrogens is 902 g/mol. The van der Waals surface area contributed by atoms with Gasteiger partial charge >= 0.3 is 5.97 Å². The maximum Gasteiger partial charge on any atom is 0.326 e. The Morgan fingerprint density at radius 3 is 2.23 bits per heavy atom. The molecule has 3 heterocycles. The number of ether oxygens (including phenoxy) is 3. The Kier molecular flexibility index (Phi) is 13.5. The number of fused-ring (bicyclic) bond motifs is 2. The van der Waals surface area contributed by atoms with Crippen molar-refractivity contribution in [1.82, 2.24) is 14.6 Å². The summed E-state index contributed by atoms with van der Waals surface area (Å²) in [4.78, 5) is 31.5. The molecule has 0 bridgehead atoms. The number of nitrogens with zero attached hydrogens (tertiary/aromatic N) is 3. The molecule has 13 nitrogen and oxygen atoms in total. The highest BCUT2D eigenvalue weighted by atomic mass is 35.5. The first-order valence-electron chi connectivity index (χ1n) is 21.2. The molecule has 0 unspecified atom stereocenters. The van der Waals surface area contributed by atoms with E-state index < -0.39 is 40.1 Å². The summed E-state index contributed by atoms with van der Waals surface area (Å²) in [5, 5.41) is 26.3. The summed E-state index contributed by atoms with van der Waals surface area (Å²) in [6.07, 6.45) is -0.629. The van der Waals surface area contributed by atoms with Gasteiger partial charge in [-0.2, -0.15) is 9.57 Å². The standard InChI is InChI=1S/C50H45Cl2N5O8S/c1-29(2)54-48-19-18-47(30(3)55-48)66(61,62)57-26-38-24-45-44(64-28-46(65-45)36-13-15-39(16-14-36)63-27-33-8-17-40(51)41(52)20-33)23-37(38)22-43(57)49(58)56-42(50(59)60)21-31-4-9-34(10-5-31)35-11-6-32(25-53)7-12-35/h4-20,23-24,29,42-43,46H,21-22,26-28H2,1-3H3,(H,54,55)(H,56,58)(H,59,60)/t42-,43-,46+/m0/s1. The smallest absolute Gasteiger partial charge is 0.326 e. The van der Waals surface area contributed by atoms with Gasteiger partial charge in [0.1, 0.15) is 41.8 Å². The van der Waals surface area contributed by atoms with Crippen molar-refractivity contribution in [3.8, 4) is 34.4 Å². The number of anilines is 1. The van der Waals surface area contributed by atoms with Gasteiger partial charge in [0.15, 0.2) is 17.6 Å². The molecule has 0 saturated heterocycles. The second-order valence-electron chi connectivity index (χ2n) is 16.4. The predicted octanol–water partition coefficient (Wildman–Crippen LogP) is 9.08. The quantitative estimate of drug-likeness (QED) is 0.0948. The van der Waals surface area contributed by atoms with Gasteiger partial charge in [-0.1, -0.05) is 77.8 Å². The number of carbonyl (C=O) groups is 2. The van der Waals surface area contributed by atoms with Gasteiger partial charge in [-0.05, 0) is 127 Å². The molecule has 5 aromatic carbocycles. The topological polar surface area (TPSA) is 180 Å². The highest BCUT2D eigenvalue weighted by Crippen LogP contribution is 2.42. The number of pyridine rings is 1. The van der Waals surface area contributed by atoms with Crippen molar-refractivity contribution in [2.75, 3.05) is 11.9 Å². The molecule has 0 spiro atoms. The summed E-state index contributed by atoms with van der Waals surface area (Å²) in [6, 6.07) is 33.0. The van der Waals surface area contributed by atoms with E-state index in [-0.39, 0.29) is 42.6 Å². The van der Waals surface area contributed by atoms with Crippen molar-refractivity contribution in [3.63, 3.8) is 0 Å². The van der Waals surface area contributed by atoms with Gasteiger partial charge in [0.2, 0.25) is 15.9 Å². The Morgan fingerprint density at radius 1 is 0.894 bits per heavy atom. The van der Waals surface area contributed by atoms with E-state index in [1.165, 1.54) is 6.07 Å². The second-order valence-corrected chi connectivity index (χ2v) is 19.1. The van der Waals surface area contributed by atoms with Crippen molar-refractivity contribution in [1.29, 1.82) is 5.26 Å². The lowest BCUT2D eigenvalue weighted by atomic mass is 9.93. The van der Waals surface area contributed by atoms with Crippen molar-refractivity contribution >= 4 is 50.9 Å². The Labute approximate surface area is 392 Å². The number of halogens is 2. The van der Waals surface area contributed by atoms with Gasteiger partial charge in [-0.25, -0.2) is 18.2 Å². The van der Waals surface area contributed by atoms with Crippen molar-refractivity contribution in [3.05, 3.63) is 164 Å². The molecule has 1 aromatic heterocycles. The van der Waals surface area contributed by atoms with Crippen LogP contribution in [0.1, 0.15) is 59.0 Å². The molecule has 6 aromatic rings. The molecule has 2 aliphatic heterocycles. The van der Waals surface area contributed by atoms with Crippen LogP contribution in [0.4, 0.5) is 5.82 Å². The number of sulfonamides is 1. The lowest BCUT2D eigenvalue weighted by Gasteiger charge is -2.37. The molecule has 0 radical (unpaired) electrons. The monoisotopic (exact) mass is 945 g/mol. The number of hydrogen-bond donors (Lipinski definition) is 3. The van der Waals surface area contributed by atoms with E-state index in [1.807, 2.05) is 68.4 Å². The maximum atomic E-state index is 14.7. The lowest BCUT2D eigenvalue weighted by molar-refractivity contribution is -0.142. The van der Waals surface area contributed by atoms with Gasteiger partial charge in [0.25, 0.3) is 0 Å². The summed E-state index contributed by atoms with van der Waals surface area (Å²) < 4.78 is 49.2. The zero-order chi connectivity index (χ0) is 46.7. The van der Waals surface area contributed by atoms with Crippen LogP contribution in [0.15, 0.2) is 120 Å². The van der Waals surface area contributed by atoms with Crippen molar-refractivity contribution < 1.29 is 37.3 Å². The van der Waals surface area contributed by atoms with E-state index in [2.05, 4.69) is 21.7 Å². The summed E-state index contributed by atoms with van der Waals surface area (Å²) in [7, 11) is -4.41. The molecular formula is C50H45Cl2N5O8S. The third kappa shape index (κ3) is 10.2. The number of aromatic nitrogens is 1. The zero-order valence-electron chi connectivity index (χ0n) is 36.1. The highest BCUT2D eigenvalue weighted by Gasteiger charge is 2.42. The zero-order valence-corrected chi connectivity index (χ0v) is 38.5. The third-order valence-corrected chi connectivity index (χ3v) is 14.1. The Balaban J connectivity index is 1.03. The van der Waals surface area contributed by atoms with E-state index in [0.717, 1.165) is 26.6 Å².